The number of amides is 1. The number of ether oxygens (including phenoxy) is 2. The summed E-state index contributed by atoms with van der Waals surface area (Å²) in [4.78, 5) is 15.9. The quantitative estimate of drug-likeness (QED) is 0.775. The molecule has 3 rings (SSSR count). The molecular formula is C19H20N2O4. The maximum atomic E-state index is 11.5. The molecule has 3 aromatic rings. The van der Waals surface area contributed by atoms with E-state index >= 15 is 0 Å². The zero-order chi connectivity index (χ0) is 18.0. The summed E-state index contributed by atoms with van der Waals surface area (Å²) in [6, 6.07) is 9.43. The molecule has 130 valence electrons. The summed E-state index contributed by atoms with van der Waals surface area (Å²) in [6.45, 7) is 5.92. The maximum absolute atomic E-state index is 11.5. The van der Waals surface area contributed by atoms with E-state index in [1.54, 1.807) is 0 Å². The summed E-state index contributed by atoms with van der Waals surface area (Å²) >= 11 is 0. The van der Waals surface area contributed by atoms with Crippen LogP contribution in [-0.2, 0) is 6.61 Å². The smallest absolute Gasteiger partial charge is 0.412 e. The van der Waals surface area contributed by atoms with Gasteiger partial charge in [0.15, 0.2) is 12.2 Å². The van der Waals surface area contributed by atoms with E-state index in [1.807, 2.05) is 51.1 Å². The molecule has 2 aromatic carbocycles. The van der Waals surface area contributed by atoms with E-state index in [2.05, 4.69) is 10.3 Å². The van der Waals surface area contributed by atoms with Crippen molar-refractivity contribution in [3.8, 4) is 11.5 Å². The fourth-order valence-electron chi connectivity index (χ4n) is 2.59. The van der Waals surface area contributed by atoms with Crippen molar-refractivity contribution in [1.29, 1.82) is 0 Å². The van der Waals surface area contributed by atoms with Gasteiger partial charge in [-0.1, -0.05) is 12.1 Å². The van der Waals surface area contributed by atoms with Crippen molar-refractivity contribution in [2.45, 2.75) is 27.4 Å². The van der Waals surface area contributed by atoms with Gasteiger partial charge in [-0.3, -0.25) is 0 Å². The van der Waals surface area contributed by atoms with Gasteiger partial charge in [-0.05, 0) is 55.7 Å². The van der Waals surface area contributed by atoms with Gasteiger partial charge >= 0.3 is 6.09 Å². The Kier molecular flexibility index (Phi) is 4.61. The van der Waals surface area contributed by atoms with Crippen LogP contribution in [0.3, 0.4) is 0 Å². The number of benzene rings is 2. The highest BCUT2D eigenvalue weighted by Crippen LogP contribution is 2.33. The van der Waals surface area contributed by atoms with Crippen LogP contribution in [0.1, 0.15) is 22.6 Å². The predicted molar refractivity (Wildman–Crippen MR) is 94.1 cm³/mol. The first kappa shape index (κ1) is 16.8. The molecule has 0 fully saturated rings. The zero-order valence-electron chi connectivity index (χ0n) is 14.7. The number of aromatic nitrogens is 1. The Labute approximate surface area is 145 Å². The Hall–Kier alpha value is -3.02. The summed E-state index contributed by atoms with van der Waals surface area (Å²) in [5.41, 5.74) is 4.12. The molecule has 0 unspecified atom stereocenters. The van der Waals surface area contributed by atoms with E-state index in [-0.39, 0.29) is 6.61 Å². The lowest BCUT2D eigenvalue weighted by Gasteiger charge is -2.16. The van der Waals surface area contributed by atoms with E-state index in [1.165, 1.54) is 7.05 Å². The topological polar surface area (TPSA) is 73.6 Å². The highest BCUT2D eigenvalue weighted by atomic mass is 16.6. The number of nitrogens with one attached hydrogen (secondary N) is 1. The molecule has 0 aliphatic heterocycles. The molecule has 1 amide bonds. The number of nitrogens with zero attached hydrogens (tertiary/aromatic N) is 1. The maximum Gasteiger partial charge on any atom is 0.412 e. The highest BCUT2D eigenvalue weighted by molar-refractivity contribution is 5.72. The molecule has 0 aliphatic rings. The molecule has 0 bridgehead atoms. The number of carbonyl (C=O) groups is 1. The molecule has 6 heteroatoms. The fraction of sp³-hybridized carbons (Fsp3) is 0.263. The second-order valence-electron chi connectivity index (χ2n) is 5.77. The minimum Gasteiger partial charge on any atom is -0.484 e. The number of para-hydroxylation sites is 2. The van der Waals surface area contributed by atoms with Gasteiger partial charge in [0.25, 0.3) is 0 Å². The van der Waals surface area contributed by atoms with Gasteiger partial charge in [0.1, 0.15) is 17.0 Å². The van der Waals surface area contributed by atoms with E-state index in [0.717, 1.165) is 27.8 Å². The Morgan fingerprint density at radius 3 is 2.68 bits per heavy atom. The number of fused-ring (bicyclic) bond motifs is 1. The summed E-state index contributed by atoms with van der Waals surface area (Å²) in [7, 11) is 1.53. The summed E-state index contributed by atoms with van der Waals surface area (Å²) in [5.74, 6) is 1.77. The molecule has 0 atom stereocenters. The van der Waals surface area contributed by atoms with Crippen LogP contribution in [0.25, 0.3) is 11.1 Å². The van der Waals surface area contributed by atoms with E-state index < -0.39 is 6.09 Å². The van der Waals surface area contributed by atoms with Crippen LogP contribution in [0.4, 0.5) is 4.79 Å². The summed E-state index contributed by atoms with van der Waals surface area (Å²) in [6.07, 6.45) is -0.495. The van der Waals surface area contributed by atoms with Crippen LogP contribution < -0.4 is 14.8 Å². The van der Waals surface area contributed by atoms with Crippen LogP contribution in [0.5, 0.6) is 11.5 Å². The third-order valence-corrected chi connectivity index (χ3v) is 4.07. The molecule has 1 heterocycles. The molecule has 0 saturated carbocycles. The number of rotatable bonds is 4. The third-order valence-electron chi connectivity index (χ3n) is 4.07. The average molecular weight is 340 g/mol. The van der Waals surface area contributed by atoms with Crippen LogP contribution in [-0.4, -0.2) is 18.1 Å². The average Bonchev–Trinajstić information content (AvgIpc) is 3.03. The predicted octanol–water partition coefficient (Wildman–Crippen LogP) is 4.05. The van der Waals surface area contributed by atoms with Crippen LogP contribution in [0.15, 0.2) is 34.7 Å². The molecule has 0 aliphatic carbocycles. The molecule has 6 nitrogen and oxygen atoms in total. The van der Waals surface area contributed by atoms with Crippen molar-refractivity contribution in [1.82, 2.24) is 10.3 Å². The molecule has 0 spiro atoms. The first-order valence-corrected chi connectivity index (χ1v) is 7.97. The largest absolute Gasteiger partial charge is 0.484 e. The SMILES string of the molecule is CNC(=O)Oc1c(C)cc(OCc2nc3ccccc3o2)c(C)c1C. The Morgan fingerprint density at radius 2 is 1.96 bits per heavy atom. The molecule has 0 saturated heterocycles. The van der Waals surface area contributed by atoms with Crippen LogP contribution in [0.2, 0.25) is 0 Å². The fourth-order valence-corrected chi connectivity index (χ4v) is 2.59. The first-order valence-electron chi connectivity index (χ1n) is 7.97. The van der Waals surface area contributed by atoms with Crippen molar-refractivity contribution >= 4 is 17.2 Å². The van der Waals surface area contributed by atoms with Crippen LogP contribution >= 0.6 is 0 Å². The third kappa shape index (κ3) is 3.42. The number of aryl methyl sites for hydroxylation is 1. The lowest BCUT2D eigenvalue weighted by molar-refractivity contribution is 0.202. The zero-order valence-corrected chi connectivity index (χ0v) is 14.7. The monoisotopic (exact) mass is 340 g/mol. The second kappa shape index (κ2) is 6.84. The van der Waals surface area contributed by atoms with Crippen molar-refractivity contribution in [3.63, 3.8) is 0 Å². The van der Waals surface area contributed by atoms with Gasteiger partial charge in [0.05, 0.1) is 0 Å². The normalized spacial score (nSPS) is 10.7. The molecule has 25 heavy (non-hydrogen) atoms. The second-order valence-corrected chi connectivity index (χ2v) is 5.77. The Bertz CT molecular complexity index is 898. The molecule has 1 aromatic heterocycles. The lowest BCUT2D eigenvalue weighted by atomic mass is 10.0. The van der Waals surface area contributed by atoms with Crippen molar-refractivity contribution in [2.24, 2.45) is 0 Å². The minimum absolute atomic E-state index is 0.226. The van der Waals surface area contributed by atoms with E-state index in [9.17, 15) is 4.79 Å². The van der Waals surface area contributed by atoms with Gasteiger partial charge < -0.3 is 19.2 Å². The van der Waals surface area contributed by atoms with Crippen molar-refractivity contribution in [3.05, 3.63) is 52.9 Å². The van der Waals surface area contributed by atoms with Gasteiger partial charge in [-0.15, -0.1) is 0 Å². The van der Waals surface area contributed by atoms with Crippen molar-refractivity contribution < 1.29 is 18.7 Å². The van der Waals surface area contributed by atoms with Gasteiger partial charge in [0.2, 0.25) is 5.89 Å². The first-order chi connectivity index (χ1) is 12.0. The number of carbonyl (C=O) groups excluding carboxylic acids is 1. The van der Waals surface area contributed by atoms with E-state index in [4.69, 9.17) is 13.9 Å². The molecule has 0 radical (unpaired) electrons. The summed E-state index contributed by atoms with van der Waals surface area (Å²) < 4.78 is 16.9. The lowest BCUT2D eigenvalue weighted by Crippen LogP contribution is -2.23. The summed E-state index contributed by atoms with van der Waals surface area (Å²) in [5, 5.41) is 2.45. The standard InChI is InChI=1S/C19H20N2O4/c1-11-9-16(12(2)13(3)18(11)25-19(22)20-4)23-10-17-21-14-7-5-6-8-15(14)24-17/h5-9H,10H2,1-4H3,(H,20,22). The van der Waals surface area contributed by atoms with Gasteiger partial charge in [-0.2, -0.15) is 0 Å². The number of hydrogen-bond donors (Lipinski definition) is 1. The van der Waals surface area contributed by atoms with Gasteiger partial charge in [0, 0.05) is 7.05 Å². The highest BCUT2D eigenvalue weighted by Gasteiger charge is 2.16. The number of oxazole rings is 1. The Morgan fingerprint density at radius 1 is 1.20 bits per heavy atom. The Balaban J connectivity index is 1.81. The van der Waals surface area contributed by atoms with Crippen LogP contribution in [0, 0.1) is 20.8 Å². The minimum atomic E-state index is -0.495. The molecular weight excluding hydrogens is 320 g/mol. The van der Waals surface area contributed by atoms with Crippen molar-refractivity contribution in [2.75, 3.05) is 7.05 Å². The van der Waals surface area contributed by atoms with Gasteiger partial charge in [-0.25, -0.2) is 9.78 Å². The molecule has 1 N–H and O–H groups in total. The van der Waals surface area contributed by atoms with E-state index in [0.29, 0.717) is 17.4 Å². The number of hydrogen-bond acceptors (Lipinski definition) is 5.